The van der Waals surface area contributed by atoms with Crippen molar-refractivity contribution < 1.29 is 95.3 Å². The van der Waals surface area contributed by atoms with Gasteiger partial charge in [0.05, 0.1) is 98.2 Å². The first kappa shape index (κ1) is 103. The normalized spacial score (nSPS) is 12.5. The summed E-state index contributed by atoms with van der Waals surface area (Å²) in [7, 11) is 0. The van der Waals surface area contributed by atoms with Crippen molar-refractivity contribution in [2.24, 2.45) is 0 Å². The van der Waals surface area contributed by atoms with Crippen molar-refractivity contribution in [2.75, 3.05) is 164 Å². The van der Waals surface area contributed by atoms with Gasteiger partial charge in [-0.2, -0.15) is 0 Å². The van der Waals surface area contributed by atoms with Crippen LogP contribution in [0.5, 0.6) is 0 Å². The maximum Gasteiger partial charge on any atom is 0.307 e. The van der Waals surface area contributed by atoms with E-state index in [0.29, 0.717) is 168 Å². The second kappa shape index (κ2) is 76.1. The molecule has 25 heteroatoms. The summed E-state index contributed by atoms with van der Waals surface area (Å²) in [5.41, 5.74) is 0. The largest absolute Gasteiger partial charge is 0.466 e. The zero-order valence-corrected chi connectivity index (χ0v) is 69.9. The molecule has 0 N–H and O–H groups in total. The number of unbranched alkanes of at least 4 members (excludes halogenated alkanes) is 25. The quantitative estimate of drug-likeness (QED) is 0.0311. The lowest BCUT2D eigenvalue weighted by Gasteiger charge is -2.37. The molecule has 0 spiro atoms. The number of hydrogen-bond donors (Lipinski definition) is 0. The summed E-state index contributed by atoms with van der Waals surface area (Å²) >= 11 is 0. The van der Waals surface area contributed by atoms with Crippen molar-refractivity contribution in [1.29, 1.82) is 0 Å². The summed E-state index contributed by atoms with van der Waals surface area (Å²) < 4.78 is 55.1. The molecule has 25 nitrogen and oxygen atoms in total. The third kappa shape index (κ3) is 68.1. The highest BCUT2D eigenvalue weighted by Crippen LogP contribution is 2.14. The first-order chi connectivity index (χ1) is 53.6. The Labute approximate surface area is 664 Å². The van der Waals surface area contributed by atoms with Crippen LogP contribution in [0.2, 0.25) is 0 Å². The number of hydrogen-bond acceptors (Lipinski definition) is 25. The number of piperazine rings is 1. The van der Waals surface area contributed by atoms with Crippen LogP contribution in [0.15, 0.2) is 0 Å². The molecule has 0 radical (unpaired) electrons. The molecule has 0 amide bonds. The maximum atomic E-state index is 13.3. The van der Waals surface area contributed by atoms with Gasteiger partial charge in [0.2, 0.25) is 0 Å². The molecule has 0 bridgehead atoms. The monoisotopic (exact) mass is 1570 g/mol. The van der Waals surface area contributed by atoms with Crippen LogP contribution >= 0.6 is 0 Å². The van der Waals surface area contributed by atoms with E-state index in [1.54, 1.807) is 0 Å². The predicted octanol–water partition coefficient (Wildman–Crippen LogP) is 14.6. The van der Waals surface area contributed by atoms with Crippen LogP contribution in [0, 0.1) is 0 Å². The lowest BCUT2D eigenvalue weighted by molar-refractivity contribution is -0.147. The first-order valence-corrected chi connectivity index (χ1v) is 43.8. The van der Waals surface area contributed by atoms with Gasteiger partial charge in [0, 0.05) is 130 Å². The van der Waals surface area contributed by atoms with Crippen molar-refractivity contribution in [1.82, 2.24) is 24.5 Å². The highest BCUT2D eigenvalue weighted by molar-refractivity contribution is 5.72. The number of carbonyl (C=O) groups is 10. The van der Waals surface area contributed by atoms with Gasteiger partial charge in [-0.25, -0.2) is 0 Å². The van der Waals surface area contributed by atoms with E-state index in [9.17, 15) is 47.9 Å². The number of carbonyl (C=O) groups excluding carboxylic acids is 10. The van der Waals surface area contributed by atoms with Crippen LogP contribution < -0.4 is 0 Å². The van der Waals surface area contributed by atoms with Gasteiger partial charge in [-0.3, -0.25) is 57.7 Å². The molecular formula is C85H155N5O20. The van der Waals surface area contributed by atoms with E-state index in [1.165, 1.54) is 12.8 Å². The standard InChI is InChI=1S/C85H155N5O20/c1-6-11-16-21-26-41-76(91)101-66-31-36-71-106-81(96)46-51-86(52-47-82(97)107-72-37-32-67-102-77(92)42-27-22-17-12-7-2)56-58-88(55-50-85(100)110-75-40-35-70-105-80(95)45-30-25-20-15-10-5)59-61-90-64-62-89(63-65-90)60-57-87(53-48-83(98)108-73-38-33-68-103-78(93)43-28-23-18-13-8-3)54-49-84(99)109-74-39-34-69-104-79(94)44-29-24-19-14-9-4/h6-75H2,1-5H3. The summed E-state index contributed by atoms with van der Waals surface area (Å²) in [5.74, 6) is -2.78. The van der Waals surface area contributed by atoms with Crippen molar-refractivity contribution in [3.63, 3.8) is 0 Å². The van der Waals surface area contributed by atoms with Crippen LogP contribution in [0.1, 0.15) is 324 Å². The number of rotatable bonds is 79. The molecule has 110 heavy (non-hydrogen) atoms. The van der Waals surface area contributed by atoms with Crippen LogP contribution in [0.25, 0.3) is 0 Å². The summed E-state index contributed by atoms with van der Waals surface area (Å²) in [6.45, 7) is 21.7. The van der Waals surface area contributed by atoms with Crippen molar-refractivity contribution in [2.45, 2.75) is 324 Å². The molecule has 1 rings (SSSR count). The summed E-state index contributed by atoms with van der Waals surface area (Å²) in [6, 6.07) is 0. The van der Waals surface area contributed by atoms with Crippen molar-refractivity contribution >= 4 is 59.7 Å². The van der Waals surface area contributed by atoms with Crippen LogP contribution in [-0.2, 0) is 95.3 Å². The van der Waals surface area contributed by atoms with Gasteiger partial charge in [-0.1, -0.05) is 163 Å². The average Bonchev–Trinajstić information content (AvgIpc) is 0.897. The molecule has 640 valence electrons. The predicted molar refractivity (Wildman–Crippen MR) is 428 cm³/mol. The number of nitrogens with zero attached hydrogens (tertiary/aromatic N) is 5. The fourth-order valence-electron chi connectivity index (χ4n) is 12.3. The van der Waals surface area contributed by atoms with Gasteiger partial charge >= 0.3 is 59.7 Å². The summed E-state index contributed by atoms with van der Waals surface area (Å²) in [4.78, 5) is 138. The average molecular weight is 1570 g/mol. The fraction of sp³-hybridized carbons (Fsp3) is 0.882. The van der Waals surface area contributed by atoms with E-state index in [0.717, 1.165) is 174 Å². The molecule has 1 aliphatic rings. The topological polar surface area (TPSA) is 279 Å². The Morgan fingerprint density at radius 1 is 0.191 bits per heavy atom. The third-order valence-electron chi connectivity index (χ3n) is 19.6. The molecule has 1 saturated heterocycles. The van der Waals surface area contributed by atoms with E-state index in [-0.39, 0.29) is 158 Å². The van der Waals surface area contributed by atoms with Gasteiger partial charge in [0.25, 0.3) is 0 Å². The van der Waals surface area contributed by atoms with Crippen molar-refractivity contribution in [3.05, 3.63) is 0 Å². The zero-order valence-electron chi connectivity index (χ0n) is 69.9. The second-order valence-electron chi connectivity index (χ2n) is 29.5. The molecule has 0 saturated carbocycles. The number of ether oxygens (including phenoxy) is 10. The van der Waals surface area contributed by atoms with Crippen LogP contribution in [0.4, 0.5) is 0 Å². The molecule has 0 unspecified atom stereocenters. The van der Waals surface area contributed by atoms with Gasteiger partial charge in [-0.15, -0.1) is 0 Å². The molecule has 1 aliphatic heterocycles. The Kier molecular flexibility index (Phi) is 71.0. The Morgan fingerprint density at radius 2 is 0.345 bits per heavy atom. The van der Waals surface area contributed by atoms with E-state index < -0.39 is 0 Å². The Bertz CT molecular complexity index is 2200. The van der Waals surface area contributed by atoms with Gasteiger partial charge in [-0.05, 0) is 96.3 Å². The van der Waals surface area contributed by atoms with Gasteiger partial charge in [0.1, 0.15) is 0 Å². The Hall–Kier alpha value is -5.50. The lowest BCUT2D eigenvalue weighted by Crippen LogP contribution is -2.50. The Balaban J connectivity index is 3.10. The van der Waals surface area contributed by atoms with E-state index in [1.807, 2.05) is 4.90 Å². The van der Waals surface area contributed by atoms with E-state index in [2.05, 4.69) is 54.2 Å². The molecule has 0 atom stereocenters. The summed E-state index contributed by atoms with van der Waals surface area (Å²) in [5, 5.41) is 0. The van der Waals surface area contributed by atoms with E-state index >= 15 is 0 Å². The van der Waals surface area contributed by atoms with Gasteiger partial charge < -0.3 is 62.1 Å². The first-order valence-electron chi connectivity index (χ1n) is 43.8. The highest BCUT2D eigenvalue weighted by Gasteiger charge is 2.22. The van der Waals surface area contributed by atoms with Gasteiger partial charge in [0.15, 0.2) is 0 Å². The highest BCUT2D eigenvalue weighted by atomic mass is 16.6. The molecule has 0 aliphatic carbocycles. The molecular weight excluding hydrogens is 1410 g/mol. The smallest absolute Gasteiger partial charge is 0.307 e. The zero-order chi connectivity index (χ0) is 80.2. The minimum Gasteiger partial charge on any atom is -0.466 e. The van der Waals surface area contributed by atoms with Crippen LogP contribution in [0.3, 0.4) is 0 Å². The minimum absolute atomic E-state index is 0.0777. The Morgan fingerprint density at radius 3 is 0.527 bits per heavy atom. The fourth-order valence-corrected chi connectivity index (χ4v) is 12.3. The van der Waals surface area contributed by atoms with Crippen molar-refractivity contribution in [3.8, 4) is 0 Å². The third-order valence-corrected chi connectivity index (χ3v) is 19.6. The number of esters is 10. The van der Waals surface area contributed by atoms with E-state index in [4.69, 9.17) is 47.4 Å². The molecule has 0 aromatic heterocycles. The molecule has 0 aromatic rings. The minimum atomic E-state index is -0.382. The maximum absolute atomic E-state index is 13.3. The van der Waals surface area contributed by atoms with Crippen LogP contribution in [-0.4, -0.2) is 248 Å². The lowest BCUT2D eigenvalue weighted by atomic mass is 10.1. The molecule has 1 fully saturated rings. The second-order valence-corrected chi connectivity index (χ2v) is 29.5. The molecule has 0 aromatic carbocycles. The SMILES string of the molecule is CCCCCCCC(=O)OCCCCOC(=O)CCN(CCC(=O)OCCCCOC(=O)CCCCCCC)CCN(CCC(=O)OCCCCOC(=O)CCCCCCC)CCN1CCN(CCN(CCC(=O)OCCCCOC(=O)CCCCCCC)CCC(=O)OCCCCOC(=O)CCCCCCC)CC1. The molecule has 1 heterocycles. The summed E-state index contributed by atoms with van der Waals surface area (Å²) in [6.07, 6.45) is 34.6.